The van der Waals surface area contributed by atoms with E-state index >= 15 is 0 Å². The molecule has 3 atom stereocenters. The van der Waals surface area contributed by atoms with Gasteiger partial charge in [-0.25, -0.2) is 0 Å². The Labute approximate surface area is 91.4 Å². The van der Waals surface area contributed by atoms with Gasteiger partial charge in [0, 0.05) is 12.0 Å². The van der Waals surface area contributed by atoms with E-state index in [9.17, 15) is 0 Å². The molecule has 1 aliphatic heterocycles. The van der Waals surface area contributed by atoms with Crippen molar-refractivity contribution < 1.29 is 4.74 Å². The number of nitrogens with two attached hydrogens (primary N) is 1. The minimum absolute atomic E-state index is 0.121. The molecule has 0 radical (unpaired) electrons. The number of hydrogen-bond acceptors (Lipinski definition) is 2. The first-order valence-electron chi connectivity index (χ1n) is 5.60. The van der Waals surface area contributed by atoms with E-state index in [0.29, 0.717) is 12.0 Å². The van der Waals surface area contributed by atoms with Crippen LogP contribution in [-0.2, 0) is 4.74 Å². The summed E-state index contributed by atoms with van der Waals surface area (Å²) in [6.07, 6.45) is 1.45. The fraction of sp³-hybridized carbons (Fsp3) is 0.538. The van der Waals surface area contributed by atoms with Crippen LogP contribution in [0.2, 0.25) is 0 Å². The Bertz CT molecular complexity index is 320. The van der Waals surface area contributed by atoms with E-state index in [2.05, 4.69) is 38.1 Å². The van der Waals surface area contributed by atoms with Gasteiger partial charge in [-0.3, -0.25) is 0 Å². The predicted molar refractivity (Wildman–Crippen MR) is 61.6 cm³/mol. The van der Waals surface area contributed by atoms with Crippen molar-refractivity contribution in [2.24, 2.45) is 11.7 Å². The summed E-state index contributed by atoms with van der Waals surface area (Å²) in [6.45, 7) is 5.01. The molecule has 1 aromatic rings. The Morgan fingerprint density at radius 3 is 2.53 bits per heavy atom. The standard InChI is InChI=1S/C13H19NO/c1-9-3-5-11(6-4-9)13(14)12-7-10(2)15-8-12/h3-6,10,12-13H,7-8,14H2,1-2H3. The lowest BCUT2D eigenvalue weighted by Crippen LogP contribution is -2.21. The van der Waals surface area contributed by atoms with E-state index in [1.54, 1.807) is 0 Å². The molecule has 1 aliphatic rings. The van der Waals surface area contributed by atoms with Crippen LogP contribution >= 0.6 is 0 Å². The Morgan fingerprint density at radius 1 is 1.33 bits per heavy atom. The van der Waals surface area contributed by atoms with Crippen molar-refractivity contribution in [2.75, 3.05) is 6.61 Å². The van der Waals surface area contributed by atoms with Crippen LogP contribution in [0, 0.1) is 12.8 Å². The second kappa shape index (κ2) is 4.33. The van der Waals surface area contributed by atoms with Crippen LogP contribution < -0.4 is 5.73 Å². The Hall–Kier alpha value is -0.860. The molecule has 0 aromatic heterocycles. The smallest absolute Gasteiger partial charge is 0.0551 e. The largest absolute Gasteiger partial charge is 0.378 e. The van der Waals surface area contributed by atoms with Crippen molar-refractivity contribution in [1.29, 1.82) is 0 Å². The van der Waals surface area contributed by atoms with Crippen molar-refractivity contribution >= 4 is 0 Å². The average Bonchev–Trinajstić information content (AvgIpc) is 2.65. The Morgan fingerprint density at radius 2 is 2.00 bits per heavy atom. The van der Waals surface area contributed by atoms with Gasteiger partial charge in [-0.05, 0) is 25.8 Å². The highest BCUT2D eigenvalue weighted by Gasteiger charge is 2.27. The van der Waals surface area contributed by atoms with Crippen molar-refractivity contribution in [3.05, 3.63) is 35.4 Å². The second-order valence-corrected chi connectivity index (χ2v) is 4.58. The van der Waals surface area contributed by atoms with Crippen LogP contribution in [0.4, 0.5) is 0 Å². The van der Waals surface area contributed by atoms with E-state index in [0.717, 1.165) is 13.0 Å². The lowest BCUT2D eigenvalue weighted by molar-refractivity contribution is 0.118. The molecular formula is C13H19NO. The summed E-state index contributed by atoms with van der Waals surface area (Å²) < 4.78 is 5.55. The molecule has 2 heteroatoms. The fourth-order valence-corrected chi connectivity index (χ4v) is 2.16. The van der Waals surface area contributed by atoms with Gasteiger partial charge in [-0.2, -0.15) is 0 Å². The van der Waals surface area contributed by atoms with Gasteiger partial charge in [-0.15, -0.1) is 0 Å². The maximum Gasteiger partial charge on any atom is 0.0551 e. The summed E-state index contributed by atoms with van der Waals surface area (Å²) in [5.74, 6) is 0.475. The summed E-state index contributed by atoms with van der Waals surface area (Å²) in [6, 6.07) is 8.62. The normalized spacial score (nSPS) is 27.9. The van der Waals surface area contributed by atoms with E-state index in [-0.39, 0.29) is 6.04 Å². The van der Waals surface area contributed by atoms with Crippen molar-refractivity contribution in [1.82, 2.24) is 0 Å². The molecule has 0 amide bonds. The van der Waals surface area contributed by atoms with Crippen LogP contribution in [0.15, 0.2) is 24.3 Å². The molecule has 0 bridgehead atoms. The maximum absolute atomic E-state index is 6.23. The monoisotopic (exact) mass is 205 g/mol. The van der Waals surface area contributed by atoms with Gasteiger partial charge >= 0.3 is 0 Å². The number of hydrogen-bond donors (Lipinski definition) is 1. The number of benzene rings is 1. The van der Waals surface area contributed by atoms with Crippen LogP contribution in [0.1, 0.15) is 30.5 Å². The fourth-order valence-electron chi connectivity index (χ4n) is 2.16. The van der Waals surface area contributed by atoms with Crippen molar-refractivity contribution in [3.8, 4) is 0 Å². The quantitative estimate of drug-likeness (QED) is 0.804. The van der Waals surface area contributed by atoms with Crippen molar-refractivity contribution in [2.45, 2.75) is 32.4 Å². The minimum atomic E-state index is 0.121. The molecule has 1 heterocycles. The first-order valence-corrected chi connectivity index (χ1v) is 5.60. The lowest BCUT2D eigenvalue weighted by atomic mass is 9.91. The zero-order valence-corrected chi connectivity index (χ0v) is 9.44. The summed E-state index contributed by atoms with van der Waals surface area (Å²) in [4.78, 5) is 0. The molecule has 15 heavy (non-hydrogen) atoms. The molecule has 1 fully saturated rings. The third-order valence-corrected chi connectivity index (χ3v) is 3.20. The molecule has 3 unspecified atom stereocenters. The third-order valence-electron chi connectivity index (χ3n) is 3.20. The highest BCUT2D eigenvalue weighted by molar-refractivity contribution is 5.24. The molecule has 2 N–H and O–H groups in total. The first kappa shape index (κ1) is 10.7. The molecule has 82 valence electrons. The highest BCUT2D eigenvalue weighted by atomic mass is 16.5. The number of rotatable bonds is 2. The SMILES string of the molecule is Cc1ccc(C(N)C2COC(C)C2)cc1. The van der Waals surface area contributed by atoms with Gasteiger partial charge in [0.1, 0.15) is 0 Å². The van der Waals surface area contributed by atoms with Gasteiger partial charge < -0.3 is 10.5 Å². The van der Waals surface area contributed by atoms with Gasteiger partial charge in [0.2, 0.25) is 0 Å². The third kappa shape index (κ3) is 2.39. The van der Waals surface area contributed by atoms with Gasteiger partial charge in [-0.1, -0.05) is 29.8 Å². The average molecular weight is 205 g/mol. The Kier molecular flexibility index (Phi) is 3.08. The van der Waals surface area contributed by atoms with E-state index in [1.165, 1.54) is 11.1 Å². The van der Waals surface area contributed by atoms with Gasteiger partial charge in [0.15, 0.2) is 0 Å². The molecule has 2 rings (SSSR count). The van der Waals surface area contributed by atoms with Crippen LogP contribution in [-0.4, -0.2) is 12.7 Å². The molecule has 1 saturated heterocycles. The number of ether oxygens (including phenoxy) is 1. The first-order chi connectivity index (χ1) is 7.16. The van der Waals surface area contributed by atoms with E-state index in [4.69, 9.17) is 10.5 Å². The second-order valence-electron chi connectivity index (χ2n) is 4.58. The zero-order chi connectivity index (χ0) is 10.8. The maximum atomic E-state index is 6.23. The van der Waals surface area contributed by atoms with Gasteiger partial charge in [0.05, 0.1) is 12.7 Å². The molecular weight excluding hydrogens is 186 g/mol. The molecule has 1 aromatic carbocycles. The molecule has 0 spiro atoms. The lowest BCUT2D eigenvalue weighted by Gasteiger charge is -2.18. The zero-order valence-electron chi connectivity index (χ0n) is 9.44. The van der Waals surface area contributed by atoms with Crippen LogP contribution in [0.25, 0.3) is 0 Å². The van der Waals surface area contributed by atoms with E-state index in [1.807, 2.05) is 0 Å². The van der Waals surface area contributed by atoms with E-state index < -0.39 is 0 Å². The topological polar surface area (TPSA) is 35.2 Å². The summed E-state index contributed by atoms with van der Waals surface area (Å²) in [5.41, 5.74) is 8.74. The Balaban J connectivity index is 2.07. The number of aryl methyl sites for hydroxylation is 1. The summed E-state index contributed by atoms with van der Waals surface area (Å²) >= 11 is 0. The molecule has 0 aliphatic carbocycles. The van der Waals surface area contributed by atoms with Crippen LogP contribution in [0.5, 0.6) is 0 Å². The highest BCUT2D eigenvalue weighted by Crippen LogP contribution is 2.29. The predicted octanol–water partition coefficient (Wildman–Crippen LogP) is 2.42. The van der Waals surface area contributed by atoms with Crippen LogP contribution in [0.3, 0.4) is 0 Å². The molecule has 2 nitrogen and oxygen atoms in total. The molecule has 0 saturated carbocycles. The minimum Gasteiger partial charge on any atom is -0.378 e. The summed E-state index contributed by atoms with van der Waals surface area (Å²) in [7, 11) is 0. The van der Waals surface area contributed by atoms with Gasteiger partial charge in [0.25, 0.3) is 0 Å². The summed E-state index contributed by atoms with van der Waals surface area (Å²) in [5, 5.41) is 0. The van der Waals surface area contributed by atoms with Crippen molar-refractivity contribution in [3.63, 3.8) is 0 Å².